The summed E-state index contributed by atoms with van der Waals surface area (Å²) in [7, 11) is 0. The van der Waals surface area contributed by atoms with E-state index in [4.69, 9.17) is 0 Å². The van der Waals surface area contributed by atoms with E-state index in [-0.39, 0.29) is 0 Å². The van der Waals surface area contributed by atoms with E-state index >= 15 is 0 Å². The first kappa shape index (κ1) is 12.3. The maximum absolute atomic E-state index is 3.38. The van der Waals surface area contributed by atoms with Gasteiger partial charge < -0.3 is 4.98 Å². The van der Waals surface area contributed by atoms with Gasteiger partial charge in [-0.1, -0.05) is 13.3 Å². The molecule has 5 rings (SSSR count). The molecule has 0 radical (unpaired) electrons. The van der Waals surface area contributed by atoms with Crippen LogP contribution in [0.4, 0.5) is 0 Å². The van der Waals surface area contributed by atoms with E-state index in [0.717, 1.165) is 17.8 Å². The second-order valence-electron chi connectivity index (χ2n) is 8.12. The lowest BCUT2D eigenvalue weighted by atomic mass is 9.56. The van der Waals surface area contributed by atoms with Gasteiger partial charge in [-0.2, -0.15) is 0 Å². The number of aromatic nitrogens is 1. The van der Waals surface area contributed by atoms with Crippen molar-refractivity contribution in [3.63, 3.8) is 0 Å². The van der Waals surface area contributed by atoms with Crippen molar-refractivity contribution in [1.29, 1.82) is 0 Å². The Morgan fingerprint density at radius 1 is 1.14 bits per heavy atom. The van der Waals surface area contributed by atoms with Crippen molar-refractivity contribution in [2.75, 3.05) is 0 Å². The Morgan fingerprint density at radius 3 is 3.05 bits per heavy atom. The Morgan fingerprint density at radius 2 is 2.10 bits per heavy atom. The van der Waals surface area contributed by atoms with Crippen molar-refractivity contribution in [3.8, 4) is 0 Å². The quantitative estimate of drug-likeness (QED) is 0.663. The number of benzene rings is 1. The molecule has 2 saturated carbocycles. The fourth-order valence-electron chi connectivity index (χ4n) is 6.12. The average Bonchev–Trinajstić information content (AvgIpc) is 3.09. The molecule has 1 aromatic heterocycles. The van der Waals surface area contributed by atoms with Crippen LogP contribution in [-0.4, -0.2) is 4.98 Å². The average molecular weight is 279 g/mol. The van der Waals surface area contributed by atoms with Crippen molar-refractivity contribution in [2.45, 2.75) is 57.8 Å². The van der Waals surface area contributed by atoms with E-state index in [1.54, 1.807) is 11.1 Å². The molecule has 1 aromatic carbocycles. The number of rotatable bonds is 0. The first-order chi connectivity index (χ1) is 10.2. The number of hydrogen-bond acceptors (Lipinski definition) is 0. The fraction of sp³-hybridized carbons (Fsp3) is 0.600. The number of hydrogen-bond donors (Lipinski definition) is 1. The summed E-state index contributed by atoms with van der Waals surface area (Å²) < 4.78 is 0. The molecule has 0 saturated heterocycles. The highest BCUT2D eigenvalue weighted by Gasteiger charge is 2.50. The molecule has 3 aliphatic carbocycles. The van der Waals surface area contributed by atoms with Crippen LogP contribution in [0.15, 0.2) is 24.4 Å². The smallest absolute Gasteiger partial charge is 0.0456 e. The minimum atomic E-state index is 0.677. The molecule has 2 aromatic rings. The molecule has 1 heteroatoms. The number of nitrogens with one attached hydrogen (secondary N) is 1. The Hall–Kier alpha value is -1.24. The Bertz CT molecular complexity index is 697. The minimum absolute atomic E-state index is 0.677. The first-order valence-corrected chi connectivity index (χ1v) is 8.84. The fourth-order valence-corrected chi connectivity index (χ4v) is 6.12. The normalized spacial score (nSPS) is 38.0. The van der Waals surface area contributed by atoms with Crippen LogP contribution >= 0.6 is 0 Å². The van der Waals surface area contributed by atoms with Gasteiger partial charge >= 0.3 is 0 Å². The van der Waals surface area contributed by atoms with Gasteiger partial charge in [0.2, 0.25) is 0 Å². The number of H-pyrrole nitrogens is 1. The van der Waals surface area contributed by atoms with Crippen molar-refractivity contribution in [2.24, 2.45) is 17.3 Å². The number of aryl methyl sites for hydroxylation is 1. The van der Waals surface area contributed by atoms with Gasteiger partial charge in [0.25, 0.3) is 0 Å². The first-order valence-electron chi connectivity index (χ1n) is 8.84. The zero-order chi connectivity index (χ0) is 14.0. The summed E-state index contributed by atoms with van der Waals surface area (Å²) in [5, 5.41) is 1.41. The third-order valence-electron chi connectivity index (χ3n) is 7.18. The van der Waals surface area contributed by atoms with Crippen molar-refractivity contribution in [3.05, 3.63) is 35.5 Å². The highest BCUT2D eigenvalue weighted by molar-refractivity contribution is 5.81. The van der Waals surface area contributed by atoms with Gasteiger partial charge in [0.15, 0.2) is 0 Å². The lowest BCUT2D eigenvalue weighted by molar-refractivity contribution is 0.0599. The molecule has 21 heavy (non-hydrogen) atoms. The summed E-state index contributed by atoms with van der Waals surface area (Å²) in [6, 6.07) is 7.18. The molecule has 0 spiro atoms. The molecular formula is C20H25N. The van der Waals surface area contributed by atoms with E-state index in [1.165, 1.54) is 55.8 Å². The predicted molar refractivity (Wildman–Crippen MR) is 87.5 cm³/mol. The van der Waals surface area contributed by atoms with Gasteiger partial charge in [0.05, 0.1) is 0 Å². The number of aromatic amines is 1. The summed E-state index contributed by atoms with van der Waals surface area (Å²) in [5.41, 5.74) is 5.34. The molecule has 1 nitrogen and oxygen atoms in total. The molecule has 3 aliphatic rings. The molecule has 0 amide bonds. The zero-order valence-electron chi connectivity index (χ0n) is 13.0. The Labute approximate surface area is 127 Å². The Balaban J connectivity index is 1.60. The standard InChI is InChI=1S/C20H25N/c1-20-8-2-3-18(20)16-5-4-13-12-19-14(7-10-21-19)11-17(13)15(16)6-9-20/h7,10-12,15-16,18,21H,2-6,8-9H2,1H3/t15?,16?,18?,20-/m0/s1. The predicted octanol–water partition coefficient (Wildman–Crippen LogP) is 5.41. The third kappa shape index (κ3) is 1.64. The van der Waals surface area contributed by atoms with Crippen LogP contribution in [0.3, 0.4) is 0 Å². The lowest BCUT2D eigenvalue weighted by Gasteiger charge is -2.49. The summed E-state index contributed by atoms with van der Waals surface area (Å²) >= 11 is 0. The van der Waals surface area contributed by atoms with Crippen LogP contribution < -0.4 is 0 Å². The molecular weight excluding hydrogens is 254 g/mol. The van der Waals surface area contributed by atoms with E-state index < -0.39 is 0 Å². The Kier molecular flexibility index (Phi) is 2.43. The maximum atomic E-state index is 3.38. The molecule has 0 bridgehead atoms. The summed E-state index contributed by atoms with van der Waals surface area (Å²) in [4.78, 5) is 3.38. The topological polar surface area (TPSA) is 15.8 Å². The van der Waals surface area contributed by atoms with Gasteiger partial charge in [-0.05, 0) is 96.4 Å². The molecule has 1 heterocycles. The van der Waals surface area contributed by atoms with Crippen LogP contribution in [0.1, 0.15) is 62.5 Å². The monoisotopic (exact) mass is 279 g/mol. The second kappa shape index (κ2) is 4.15. The summed E-state index contributed by atoms with van der Waals surface area (Å²) in [5.74, 6) is 2.82. The lowest BCUT2D eigenvalue weighted by Crippen LogP contribution is -2.39. The van der Waals surface area contributed by atoms with Gasteiger partial charge in [-0.3, -0.25) is 0 Å². The van der Waals surface area contributed by atoms with E-state index in [9.17, 15) is 0 Å². The zero-order valence-corrected chi connectivity index (χ0v) is 13.0. The molecule has 4 atom stereocenters. The largest absolute Gasteiger partial charge is 0.361 e. The van der Waals surface area contributed by atoms with Crippen molar-refractivity contribution < 1.29 is 0 Å². The van der Waals surface area contributed by atoms with Crippen molar-refractivity contribution >= 4 is 10.9 Å². The molecule has 0 aliphatic heterocycles. The third-order valence-corrected chi connectivity index (χ3v) is 7.18. The van der Waals surface area contributed by atoms with Crippen LogP contribution in [0.2, 0.25) is 0 Å². The SMILES string of the molecule is C[C@@]12CCCC1C1CCc3cc4[nH]ccc4cc3C1CC2. The number of fused-ring (bicyclic) bond motifs is 6. The van der Waals surface area contributed by atoms with Crippen LogP contribution in [-0.2, 0) is 6.42 Å². The van der Waals surface area contributed by atoms with Crippen LogP contribution in [0.25, 0.3) is 10.9 Å². The van der Waals surface area contributed by atoms with Gasteiger partial charge in [0.1, 0.15) is 0 Å². The highest BCUT2D eigenvalue weighted by Crippen LogP contribution is 2.60. The van der Waals surface area contributed by atoms with Gasteiger partial charge in [0, 0.05) is 11.7 Å². The summed E-state index contributed by atoms with van der Waals surface area (Å²) in [6.07, 6.45) is 12.2. The minimum Gasteiger partial charge on any atom is -0.361 e. The van der Waals surface area contributed by atoms with E-state index in [2.05, 4.69) is 36.3 Å². The molecule has 1 N–H and O–H groups in total. The van der Waals surface area contributed by atoms with E-state index in [1.807, 2.05) is 0 Å². The molecule has 2 fully saturated rings. The van der Waals surface area contributed by atoms with Crippen LogP contribution in [0.5, 0.6) is 0 Å². The van der Waals surface area contributed by atoms with Crippen molar-refractivity contribution in [1.82, 2.24) is 4.98 Å². The van der Waals surface area contributed by atoms with Gasteiger partial charge in [-0.25, -0.2) is 0 Å². The maximum Gasteiger partial charge on any atom is 0.0456 e. The van der Waals surface area contributed by atoms with Crippen LogP contribution in [0, 0.1) is 17.3 Å². The highest BCUT2D eigenvalue weighted by atomic mass is 14.7. The summed E-state index contributed by atoms with van der Waals surface area (Å²) in [6.45, 7) is 2.59. The van der Waals surface area contributed by atoms with Gasteiger partial charge in [-0.15, -0.1) is 0 Å². The van der Waals surface area contributed by atoms with E-state index in [0.29, 0.717) is 5.41 Å². The second-order valence-corrected chi connectivity index (χ2v) is 8.12. The molecule has 110 valence electrons. The molecule has 3 unspecified atom stereocenters.